The number of nitrogens with one attached hydrogen (secondary N) is 2. The van der Waals surface area contributed by atoms with Crippen LogP contribution in [-0.2, 0) is 10.0 Å². The molecule has 1 fully saturated rings. The predicted octanol–water partition coefficient (Wildman–Crippen LogP) is 5.86. The molecule has 2 aromatic carbocycles. The number of aromatic nitrogens is 1. The summed E-state index contributed by atoms with van der Waals surface area (Å²) in [7, 11) is -2.08. The number of halogens is 1. The summed E-state index contributed by atoms with van der Waals surface area (Å²) in [5, 5.41) is 4.47. The number of nitrogens with zero attached hydrogens (tertiary/aromatic N) is 2. The van der Waals surface area contributed by atoms with Crippen LogP contribution in [0.4, 0.5) is 11.4 Å². The van der Waals surface area contributed by atoms with E-state index >= 15 is 0 Å². The smallest absolute Gasteiger partial charge is 0.229 e. The van der Waals surface area contributed by atoms with Gasteiger partial charge in [-0.2, -0.15) is 0 Å². The van der Waals surface area contributed by atoms with Gasteiger partial charge in [-0.25, -0.2) is 8.42 Å². The molecular formula is C27H25ClN4O4S2. The molecule has 0 saturated carbocycles. The second kappa shape index (κ2) is 10.3. The van der Waals surface area contributed by atoms with Crippen molar-refractivity contribution >= 4 is 50.3 Å². The number of sulfonamides is 1. The summed E-state index contributed by atoms with van der Waals surface area (Å²) in [4.78, 5) is 6.46. The van der Waals surface area contributed by atoms with Gasteiger partial charge in [0.25, 0.3) is 0 Å². The molecule has 3 heterocycles. The largest absolute Gasteiger partial charge is 0.495 e. The number of ether oxygens (including phenoxy) is 1. The van der Waals surface area contributed by atoms with E-state index in [1.807, 2.05) is 66.4 Å². The fourth-order valence-corrected chi connectivity index (χ4v) is 5.66. The molecule has 0 aliphatic carbocycles. The summed E-state index contributed by atoms with van der Waals surface area (Å²) in [5.41, 5.74) is 3.53. The first-order chi connectivity index (χ1) is 18.2. The van der Waals surface area contributed by atoms with Gasteiger partial charge in [-0.15, -0.1) is 0 Å². The molecule has 0 unspecified atom stereocenters. The molecule has 8 nitrogen and oxygen atoms in total. The van der Waals surface area contributed by atoms with E-state index in [4.69, 9.17) is 33.0 Å². The van der Waals surface area contributed by atoms with Gasteiger partial charge in [0.2, 0.25) is 10.0 Å². The van der Waals surface area contributed by atoms with E-state index in [9.17, 15) is 8.42 Å². The third kappa shape index (κ3) is 5.07. The molecule has 4 aromatic rings. The maximum Gasteiger partial charge on any atom is 0.229 e. The van der Waals surface area contributed by atoms with Crippen molar-refractivity contribution in [3.8, 4) is 17.1 Å². The van der Waals surface area contributed by atoms with Gasteiger partial charge in [-0.05, 0) is 73.2 Å². The highest BCUT2D eigenvalue weighted by molar-refractivity contribution is 7.92. The van der Waals surface area contributed by atoms with Gasteiger partial charge in [-0.3, -0.25) is 9.71 Å². The van der Waals surface area contributed by atoms with Gasteiger partial charge in [0, 0.05) is 22.5 Å². The van der Waals surface area contributed by atoms with Crippen LogP contribution in [0.15, 0.2) is 77.3 Å². The topological polar surface area (TPSA) is 96.7 Å². The van der Waals surface area contributed by atoms with E-state index in [1.165, 1.54) is 7.11 Å². The molecule has 0 radical (unpaired) electrons. The Kier molecular flexibility index (Phi) is 7.04. The molecule has 5 rings (SSSR count). The maximum absolute atomic E-state index is 12.0. The van der Waals surface area contributed by atoms with E-state index in [0.29, 0.717) is 38.8 Å². The highest BCUT2D eigenvalue weighted by Crippen LogP contribution is 2.44. The van der Waals surface area contributed by atoms with Gasteiger partial charge in [0.15, 0.2) is 5.11 Å². The van der Waals surface area contributed by atoms with Crippen LogP contribution in [0.3, 0.4) is 0 Å². The number of hydrogen-bond acceptors (Lipinski definition) is 6. The van der Waals surface area contributed by atoms with E-state index in [0.717, 1.165) is 23.1 Å². The van der Waals surface area contributed by atoms with Crippen LogP contribution in [0.5, 0.6) is 5.75 Å². The zero-order valence-electron chi connectivity index (χ0n) is 20.8. The molecule has 1 aliphatic rings. The third-order valence-electron chi connectivity index (χ3n) is 6.31. The molecule has 0 spiro atoms. The van der Waals surface area contributed by atoms with Gasteiger partial charge in [0.05, 0.1) is 30.8 Å². The Labute approximate surface area is 231 Å². The van der Waals surface area contributed by atoms with Crippen LogP contribution < -0.4 is 19.7 Å². The second-order valence-electron chi connectivity index (χ2n) is 8.87. The summed E-state index contributed by atoms with van der Waals surface area (Å²) in [6.45, 7) is 1.95. The van der Waals surface area contributed by atoms with Crippen LogP contribution >= 0.6 is 23.8 Å². The number of hydrogen-bond donors (Lipinski definition) is 2. The number of benzene rings is 2. The normalized spacial score (nSPS) is 17.4. The fourth-order valence-electron chi connectivity index (χ4n) is 4.58. The van der Waals surface area contributed by atoms with Crippen molar-refractivity contribution in [3.05, 3.63) is 95.0 Å². The number of rotatable bonds is 7. The van der Waals surface area contributed by atoms with E-state index < -0.39 is 16.1 Å². The van der Waals surface area contributed by atoms with Crippen LogP contribution in [-0.4, -0.2) is 31.9 Å². The highest BCUT2D eigenvalue weighted by atomic mass is 35.5. The minimum Gasteiger partial charge on any atom is -0.495 e. The number of anilines is 2. The molecule has 2 aromatic heterocycles. The van der Waals surface area contributed by atoms with Crippen molar-refractivity contribution < 1.29 is 17.6 Å². The second-order valence-corrected chi connectivity index (χ2v) is 11.4. The minimum atomic E-state index is -3.55. The molecule has 38 heavy (non-hydrogen) atoms. The Hall–Kier alpha value is -3.60. The number of pyridine rings is 1. The summed E-state index contributed by atoms with van der Waals surface area (Å²) < 4.78 is 38.4. The summed E-state index contributed by atoms with van der Waals surface area (Å²) >= 11 is 12.2. The number of furan rings is 1. The standard InChI is InChI=1S/C27H25ClN4O4S2/c1-16-18(7-6-8-19(16)28)22-12-13-24(36-22)26-25(20-9-4-5-14-29-20)30-27(37)32(26)17-10-11-23(35-2)21(15-17)31-38(3,33)34/h4-15,25-26,31H,1-3H3,(H,30,37)/t25-,26-/m1/s1. The van der Waals surface area contributed by atoms with Crippen molar-refractivity contribution in [2.24, 2.45) is 0 Å². The fraction of sp³-hybridized carbons (Fsp3) is 0.185. The summed E-state index contributed by atoms with van der Waals surface area (Å²) in [5.74, 6) is 1.70. The molecule has 2 N–H and O–H groups in total. The van der Waals surface area contributed by atoms with Crippen molar-refractivity contribution in [2.45, 2.75) is 19.0 Å². The van der Waals surface area contributed by atoms with Gasteiger partial charge in [0.1, 0.15) is 23.3 Å². The molecule has 196 valence electrons. The molecule has 2 atom stereocenters. The summed E-state index contributed by atoms with van der Waals surface area (Å²) in [6.07, 6.45) is 2.81. The predicted molar refractivity (Wildman–Crippen MR) is 153 cm³/mol. The quantitative estimate of drug-likeness (QED) is 0.268. The van der Waals surface area contributed by atoms with Crippen LogP contribution in [0.25, 0.3) is 11.3 Å². The minimum absolute atomic E-state index is 0.296. The number of thiocarbonyl (C=S) groups is 1. The zero-order chi connectivity index (χ0) is 27.0. The molecule has 0 amide bonds. The lowest BCUT2D eigenvalue weighted by atomic mass is 10.0. The molecule has 0 bridgehead atoms. The average Bonchev–Trinajstić information content (AvgIpc) is 3.50. The van der Waals surface area contributed by atoms with Gasteiger partial charge < -0.3 is 19.4 Å². The Morgan fingerprint density at radius 3 is 2.66 bits per heavy atom. The van der Waals surface area contributed by atoms with Crippen LogP contribution in [0.2, 0.25) is 5.02 Å². The lowest BCUT2D eigenvalue weighted by molar-refractivity contribution is 0.416. The SMILES string of the molecule is COc1ccc(N2C(=S)N[C@H](c3ccccn3)[C@H]2c2ccc(-c3cccc(Cl)c3C)o2)cc1NS(C)(=O)=O. The van der Waals surface area contributed by atoms with E-state index in [2.05, 4.69) is 15.0 Å². The zero-order valence-corrected chi connectivity index (χ0v) is 23.2. The van der Waals surface area contributed by atoms with E-state index in [1.54, 1.807) is 18.3 Å². The molecule has 11 heteroatoms. The van der Waals surface area contributed by atoms with Gasteiger partial charge in [-0.1, -0.05) is 29.8 Å². The third-order valence-corrected chi connectivity index (χ3v) is 7.62. The lowest BCUT2D eigenvalue weighted by Crippen LogP contribution is -2.29. The van der Waals surface area contributed by atoms with Crippen molar-refractivity contribution in [3.63, 3.8) is 0 Å². The Bertz CT molecular complexity index is 1610. The average molecular weight is 569 g/mol. The van der Waals surface area contributed by atoms with Crippen LogP contribution in [0, 0.1) is 6.92 Å². The first kappa shape index (κ1) is 26.0. The molecule has 1 saturated heterocycles. The Balaban J connectivity index is 1.63. The monoisotopic (exact) mass is 568 g/mol. The number of methoxy groups -OCH3 is 1. The van der Waals surface area contributed by atoms with Crippen molar-refractivity contribution in [1.82, 2.24) is 10.3 Å². The van der Waals surface area contributed by atoms with Gasteiger partial charge >= 0.3 is 0 Å². The van der Waals surface area contributed by atoms with E-state index in [-0.39, 0.29) is 6.04 Å². The Morgan fingerprint density at radius 2 is 1.95 bits per heavy atom. The van der Waals surface area contributed by atoms with Crippen molar-refractivity contribution in [2.75, 3.05) is 23.0 Å². The molecular weight excluding hydrogens is 544 g/mol. The van der Waals surface area contributed by atoms with Crippen LogP contribution in [0.1, 0.15) is 29.1 Å². The Morgan fingerprint density at radius 1 is 1.13 bits per heavy atom. The highest BCUT2D eigenvalue weighted by Gasteiger charge is 2.43. The first-order valence-electron chi connectivity index (χ1n) is 11.7. The maximum atomic E-state index is 12.0. The first-order valence-corrected chi connectivity index (χ1v) is 14.4. The van der Waals surface area contributed by atoms with Crippen molar-refractivity contribution in [1.29, 1.82) is 0 Å². The molecule has 1 aliphatic heterocycles. The lowest BCUT2D eigenvalue weighted by Gasteiger charge is -2.27. The summed E-state index contributed by atoms with van der Waals surface area (Å²) in [6, 6.07) is 19.6.